The van der Waals surface area contributed by atoms with Gasteiger partial charge in [-0.15, -0.1) is 0 Å². The molecule has 92 valence electrons. The van der Waals surface area contributed by atoms with Gasteiger partial charge in [0.1, 0.15) is 0 Å². The van der Waals surface area contributed by atoms with Crippen molar-refractivity contribution in [2.45, 2.75) is 37.8 Å². The maximum atomic E-state index is 3.77. The molecule has 1 aromatic carbocycles. The van der Waals surface area contributed by atoms with Crippen LogP contribution in [-0.4, -0.2) is 24.7 Å². The standard InChI is InChI=1S/C15H22N2/c1-15(13-7-8-13)11-16-14(10-17-15)9-12-5-3-2-4-6-12/h2-6,13-14,16-17H,7-11H2,1H3. The third kappa shape index (κ3) is 2.53. The van der Waals surface area contributed by atoms with Crippen molar-refractivity contribution >= 4 is 0 Å². The Labute approximate surface area is 104 Å². The van der Waals surface area contributed by atoms with Gasteiger partial charge in [0.05, 0.1) is 0 Å². The normalized spacial score (nSPS) is 33.6. The molecule has 1 aliphatic carbocycles. The minimum Gasteiger partial charge on any atom is -0.311 e. The predicted octanol–water partition coefficient (Wildman–Crippen LogP) is 1.96. The fourth-order valence-electron chi connectivity index (χ4n) is 2.90. The highest BCUT2D eigenvalue weighted by molar-refractivity contribution is 5.16. The van der Waals surface area contributed by atoms with Crippen LogP contribution in [0.25, 0.3) is 0 Å². The van der Waals surface area contributed by atoms with Crippen LogP contribution in [0.1, 0.15) is 25.3 Å². The van der Waals surface area contributed by atoms with E-state index in [-0.39, 0.29) is 0 Å². The summed E-state index contributed by atoms with van der Waals surface area (Å²) in [5.74, 6) is 0.910. The first-order chi connectivity index (χ1) is 8.26. The smallest absolute Gasteiger partial charge is 0.0306 e. The van der Waals surface area contributed by atoms with Gasteiger partial charge >= 0.3 is 0 Å². The van der Waals surface area contributed by atoms with Crippen molar-refractivity contribution in [2.24, 2.45) is 5.92 Å². The van der Waals surface area contributed by atoms with E-state index >= 15 is 0 Å². The molecule has 1 saturated carbocycles. The van der Waals surface area contributed by atoms with Crippen LogP contribution in [0.15, 0.2) is 30.3 Å². The molecule has 0 bridgehead atoms. The van der Waals surface area contributed by atoms with Crippen molar-refractivity contribution in [3.05, 3.63) is 35.9 Å². The summed E-state index contributed by atoms with van der Waals surface area (Å²) in [6.07, 6.45) is 3.96. The van der Waals surface area contributed by atoms with Crippen LogP contribution in [0, 0.1) is 5.92 Å². The van der Waals surface area contributed by atoms with Crippen LogP contribution in [0.2, 0.25) is 0 Å². The summed E-state index contributed by atoms with van der Waals surface area (Å²) in [4.78, 5) is 0. The van der Waals surface area contributed by atoms with E-state index in [1.165, 1.54) is 18.4 Å². The molecular weight excluding hydrogens is 208 g/mol. The first-order valence-corrected chi connectivity index (χ1v) is 6.79. The molecule has 0 radical (unpaired) electrons. The number of benzene rings is 1. The summed E-state index contributed by atoms with van der Waals surface area (Å²) in [6.45, 7) is 4.59. The summed E-state index contributed by atoms with van der Waals surface area (Å²) in [5.41, 5.74) is 1.79. The second-order valence-corrected chi connectivity index (χ2v) is 5.84. The van der Waals surface area contributed by atoms with Crippen LogP contribution in [0.5, 0.6) is 0 Å². The van der Waals surface area contributed by atoms with E-state index in [1.807, 2.05) is 0 Å². The fraction of sp³-hybridized carbons (Fsp3) is 0.600. The molecule has 2 heteroatoms. The molecule has 1 aromatic rings. The average molecular weight is 230 g/mol. The molecule has 1 heterocycles. The first-order valence-electron chi connectivity index (χ1n) is 6.79. The van der Waals surface area contributed by atoms with Gasteiger partial charge < -0.3 is 10.6 Å². The third-order valence-electron chi connectivity index (χ3n) is 4.31. The summed E-state index contributed by atoms with van der Waals surface area (Å²) in [5, 5.41) is 7.48. The van der Waals surface area contributed by atoms with Crippen LogP contribution in [0.4, 0.5) is 0 Å². The van der Waals surface area contributed by atoms with E-state index in [1.54, 1.807) is 0 Å². The van der Waals surface area contributed by atoms with Gasteiger partial charge in [0.2, 0.25) is 0 Å². The van der Waals surface area contributed by atoms with Gasteiger partial charge in [-0.3, -0.25) is 0 Å². The van der Waals surface area contributed by atoms with E-state index in [0.717, 1.165) is 25.4 Å². The molecule has 2 atom stereocenters. The Hall–Kier alpha value is -0.860. The van der Waals surface area contributed by atoms with Crippen LogP contribution in [-0.2, 0) is 6.42 Å². The highest BCUT2D eigenvalue weighted by atomic mass is 15.1. The van der Waals surface area contributed by atoms with Gasteiger partial charge in [-0.05, 0) is 37.7 Å². The Kier molecular flexibility index (Phi) is 2.93. The number of piperazine rings is 1. The molecule has 2 nitrogen and oxygen atoms in total. The van der Waals surface area contributed by atoms with Gasteiger partial charge in [0.25, 0.3) is 0 Å². The summed E-state index contributed by atoms with van der Waals surface area (Å²) in [7, 11) is 0. The Morgan fingerprint density at radius 3 is 2.59 bits per heavy atom. The lowest BCUT2D eigenvalue weighted by molar-refractivity contribution is 0.224. The molecule has 2 aliphatic rings. The monoisotopic (exact) mass is 230 g/mol. The van der Waals surface area contributed by atoms with Crippen molar-refractivity contribution in [3.63, 3.8) is 0 Å². The fourth-order valence-corrected chi connectivity index (χ4v) is 2.90. The van der Waals surface area contributed by atoms with Gasteiger partial charge in [0.15, 0.2) is 0 Å². The second-order valence-electron chi connectivity index (χ2n) is 5.84. The first kappa shape index (κ1) is 11.2. The van der Waals surface area contributed by atoms with E-state index in [2.05, 4.69) is 47.9 Å². The summed E-state index contributed by atoms with van der Waals surface area (Å²) in [6, 6.07) is 11.4. The molecule has 0 aromatic heterocycles. The van der Waals surface area contributed by atoms with Gasteiger partial charge in [-0.1, -0.05) is 30.3 Å². The number of hydrogen-bond donors (Lipinski definition) is 2. The van der Waals surface area contributed by atoms with E-state index < -0.39 is 0 Å². The average Bonchev–Trinajstić information content (AvgIpc) is 3.18. The lowest BCUT2D eigenvalue weighted by atomic mass is 9.91. The minimum atomic E-state index is 0.354. The van der Waals surface area contributed by atoms with Crippen molar-refractivity contribution in [1.82, 2.24) is 10.6 Å². The Morgan fingerprint density at radius 1 is 1.24 bits per heavy atom. The molecule has 1 saturated heterocycles. The van der Waals surface area contributed by atoms with E-state index in [9.17, 15) is 0 Å². The molecule has 3 rings (SSSR count). The largest absolute Gasteiger partial charge is 0.311 e. The quantitative estimate of drug-likeness (QED) is 0.829. The Morgan fingerprint density at radius 2 is 2.00 bits per heavy atom. The number of hydrogen-bond acceptors (Lipinski definition) is 2. The zero-order valence-corrected chi connectivity index (χ0v) is 10.6. The van der Waals surface area contributed by atoms with Crippen molar-refractivity contribution in [2.75, 3.05) is 13.1 Å². The molecule has 2 N–H and O–H groups in total. The topological polar surface area (TPSA) is 24.1 Å². The molecule has 2 fully saturated rings. The zero-order chi connectivity index (χ0) is 11.7. The van der Waals surface area contributed by atoms with Gasteiger partial charge in [-0.2, -0.15) is 0 Å². The van der Waals surface area contributed by atoms with Crippen LogP contribution < -0.4 is 10.6 Å². The molecule has 0 amide bonds. The van der Waals surface area contributed by atoms with Crippen molar-refractivity contribution in [3.8, 4) is 0 Å². The zero-order valence-electron chi connectivity index (χ0n) is 10.6. The lowest BCUT2D eigenvalue weighted by Gasteiger charge is -2.40. The summed E-state index contributed by atoms with van der Waals surface area (Å²) < 4.78 is 0. The minimum absolute atomic E-state index is 0.354. The van der Waals surface area contributed by atoms with Gasteiger partial charge in [-0.25, -0.2) is 0 Å². The maximum Gasteiger partial charge on any atom is 0.0306 e. The number of nitrogens with one attached hydrogen (secondary N) is 2. The van der Waals surface area contributed by atoms with E-state index in [0.29, 0.717) is 11.6 Å². The molecule has 1 aliphatic heterocycles. The van der Waals surface area contributed by atoms with Crippen molar-refractivity contribution < 1.29 is 0 Å². The molecule has 2 unspecified atom stereocenters. The van der Waals surface area contributed by atoms with Gasteiger partial charge in [0, 0.05) is 24.7 Å². The Bertz CT molecular complexity index is 362. The third-order valence-corrected chi connectivity index (χ3v) is 4.31. The highest BCUT2D eigenvalue weighted by Crippen LogP contribution is 2.39. The van der Waals surface area contributed by atoms with Crippen molar-refractivity contribution in [1.29, 1.82) is 0 Å². The molecular formula is C15H22N2. The number of rotatable bonds is 3. The highest BCUT2D eigenvalue weighted by Gasteiger charge is 2.43. The SMILES string of the molecule is CC1(C2CC2)CNC(Cc2ccccc2)CN1. The maximum absolute atomic E-state index is 3.77. The van der Waals surface area contributed by atoms with Crippen LogP contribution in [0.3, 0.4) is 0 Å². The molecule has 0 spiro atoms. The second kappa shape index (κ2) is 4.43. The summed E-state index contributed by atoms with van der Waals surface area (Å²) >= 11 is 0. The Balaban J connectivity index is 1.55. The van der Waals surface area contributed by atoms with Crippen LogP contribution >= 0.6 is 0 Å². The predicted molar refractivity (Wildman–Crippen MR) is 71.1 cm³/mol. The van der Waals surface area contributed by atoms with E-state index in [4.69, 9.17) is 0 Å². The lowest BCUT2D eigenvalue weighted by Crippen LogP contribution is -2.63. The molecule has 17 heavy (non-hydrogen) atoms.